The van der Waals surface area contributed by atoms with E-state index in [0.717, 1.165) is 22.4 Å². The largest absolute Gasteiger partial charge is 0.274 e. The molecule has 0 atom stereocenters. The van der Waals surface area contributed by atoms with Crippen LogP contribution in [0.5, 0.6) is 0 Å². The quantitative estimate of drug-likeness (QED) is 0.592. The Morgan fingerprint density at radius 2 is 1.67 bits per heavy atom. The monoisotopic (exact) mass is 337 g/mol. The third-order valence-electron chi connectivity index (χ3n) is 3.89. The molecule has 1 aromatic heterocycles. The molecular weight excluding hydrogens is 314 g/mol. The summed E-state index contributed by atoms with van der Waals surface area (Å²) in [6, 6.07) is 17.1. The topological polar surface area (TPSA) is 30.7 Å². The summed E-state index contributed by atoms with van der Waals surface area (Å²) in [5.74, 6) is 2.22. The fraction of sp³-hybridized carbons (Fsp3) is 0.300. The molecule has 0 aliphatic heterocycles. The van der Waals surface area contributed by atoms with E-state index in [9.17, 15) is 0 Å². The maximum absolute atomic E-state index is 4.46. The molecule has 0 saturated heterocycles. The Morgan fingerprint density at radius 3 is 2.33 bits per heavy atom. The highest BCUT2D eigenvalue weighted by Crippen LogP contribution is 2.28. The third-order valence-corrected chi connectivity index (χ3v) is 4.89. The lowest BCUT2D eigenvalue weighted by atomic mass is 10.2. The molecule has 124 valence electrons. The van der Waals surface area contributed by atoms with Crippen LogP contribution in [0.3, 0.4) is 0 Å². The molecule has 3 rings (SSSR count). The highest BCUT2D eigenvalue weighted by molar-refractivity contribution is 7.98. The van der Waals surface area contributed by atoms with Crippen molar-refractivity contribution in [2.45, 2.75) is 44.5 Å². The average Bonchev–Trinajstić information content (AvgIpc) is 2.97. The maximum Gasteiger partial charge on any atom is 0.196 e. The molecule has 0 radical (unpaired) electrons. The Bertz CT molecular complexity index is 836. The van der Waals surface area contributed by atoms with Gasteiger partial charge in [0.15, 0.2) is 5.16 Å². The Labute approximate surface area is 148 Å². The van der Waals surface area contributed by atoms with Gasteiger partial charge in [0, 0.05) is 17.4 Å². The van der Waals surface area contributed by atoms with Crippen LogP contribution in [0.1, 0.15) is 42.3 Å². The molecule has 0 saturated carbocycles. The van der Waals surface area contributed by atoms with E-state index in [1.54, 1.807) is 11.8 Å². The van der Waals surface area contributed by atoms with Gasteiger partial charge in [-0.05, 0) is 37.1 Å². The number of thioether (sulfide) groups is 1. The summed E-state index contributed by atoms with van der Waals surface area (Å²) in [5.41, 5.74) is 4.97. The van der Waals surface area contributed by atoms with Crippen molar-refractivity contribution in [3.8, 4) is 5.69 Å². The predicted octanol–water partition coefficient (Wildman–Crippen LogP) is 5.30. The fourth-order valence-corrected chi connectivity index (χ4v) is 3.61. The lowest BCUT2D eigenvalue weighted by molar-refractivity contribution is 0.732. The maximum atomic E-state index is 4.46. The van der Waals surface area contributed by atoms with Gasteiger partial charge in [-0.2, -0.15) is 0 Å². The van der Waals surface area contributed by atoms with Gasteiger partial charge in [-0.25, -0.2) is 0 Å². The van der Waals surface area contributed by atoms with E-state index in [-0.39, 0.29) is 0 Å². The lowest BCUT2D eigenvalue weighted by Gasteiger charge is -2.12. The van der Waals surface area contributed by atoms with Crippen molar-refractivity contribution in [3.63, 3.8) is 0 Å². The molecular formula is C20H23N3S. The number of hydrogen-bond acceptors (Lipinski definition) is 3. The summed E-state index contributed by atoms with van der Waals surface area (Å²) < 4.78 is 2.19. The van der Waals surface area contributed by atoms with Crippen molar-refractivity contribution in [2.75, 3.05) is 0 Å². The standard InChI is InChI=1S/C20H23N3S/c1-14(2)19-21-22-20(23(19)18-10-6-8-16(4)12-18)24-13-17-9-5-7-15(3)11-17/h5-12,14H,13H2,1-4H3. The van der Waals surface area contributed by atoms with Crippen LogP contribution in [0, 0.1) is 13.8 Å². The van der Waals surface area contributed by atoms with Gasteiger partial charge in [-0.1, -0.05) is 67.6 Å². The van der Waals surface area contributed by atoms with Gasteiger partial charge >= 0.3 is 0 Å². The molecule has 0 N–H and O–H groups in total. The zero-order valence-electron chi connectivity index (χ0n) is 14.7. The summed E-state index contributed by atoms with van der Waals surface area (Å²) >= 11 is 1.74. The molecule has 2 aromatic carbocycles. The number of benzene rings is 2. The van der Waals surface area contributed by atoms with Crippen LogP contribution in [0.4, 0.5) is 0 Å². The van der Waals surface area contributed by atoms with Crippen LogP contribution in [-0.4, -0.2) is 14.8 Å². The Hall–Kier alpha value is -2.07. The first-order chi connectivity index (χ1) is 11.5. The molecule has 3 nitrogen and oxygen atoms in total. The number of aromatic nitrogens is 3. The predicted molar refractivity (Wildman–Crippen MR) is 101 cm³/mol. The number of rotatable bonds is 5. The molecule has 0 amide bonds. The Morgan fingerprint density at radius 1 is 0.958 bits per heavy atom. The first-order valence-electron chi connectivity index (χ1n) is 8.25. The van der Waals surface area contributed by atoms with E-state index in [2.05, 4.69) is 91.0 Å². The van der Waals surface area contributed by atoms with Crippen molar-refractivity contribution in [1.29, 1.82) is 0 Å². The van der Waals surface area contributed by atoms with Crippen molar-refractivity contribution < 1.29 is 0 Å². The number of aryl methyl sites for hydroxylation is 2. The van der Waals surface area contributed by atoms with Gasteiger partial charge in [0.25, 0.3) is 0 Å². The van der Waals surface area contributed by atoms with E-state index in [1.807, 2.05) is 0 Å². The SMILES string of the molecule is Cc1cccc(CSc2nnc(C(C)C)n2-c2cccc(C)c2)c1. The van der Waals surface area contributed by atoms with Gasteiger partial charge in [-0.3, -0.25) is 4.57 Å². The smallest absolute Gasteiger partial charge is 0.196 e. The van der Waals surface area contributed by atoms with Crippen LogP contribution in [0.15, 0.2) is 53.7 Å². The van der Waals surface area contributed by atoms with Gasteiger partial charge in [0.2, 0.25) is 0 Å². The summed E-state index contributed by atoms with van der Waals surface area (Å²) in [4.78, 5) is 0. The van der Waals surface area contributed by atoms with Gasteiger partial charge in [0.05, 0.1) is 0 Å². The number of hydrogen-bond donors (Lipinski definition) is 0. The van der Waals surface area contributed by atoms with Crippen LogP contribution in [0.2, 0.25) is 0 Å². The van der Waals surface area contributed by atoms with Crippen molar-refractivity contribution in [1.82, 2.24) is 14.8 Å². The average molecular weight is 337 g/mol. The molecule has 0 bridgehead atoms. The molecule has 3 aromatic rings. The highest BCUT2D eigenvalue weighted by atomic mass is 32.2. The van der Waals surface area contributed by atoms with Crippen molar-refractivity contribution in [2.24, 2.45) is 0 Å². The zero-order chi connectivity index (χ0) is 17.1. The van der Waals surface area contributed by atoms with Crippen molar-refractivity contribution in [3.05, 3.63) is 71.0 Å². The normalized spacial score (nSPS) is 11.2. The number of nitrogens with zero attached hydrogens (tertiary/aromatic N) is 3. The van der Waals surface area contributed by atoms with E-state index in [4.69, 9.17) is 0 Å². The first-order valence-corrected chi connectivity index (χ1v) is 9.24. The molecule has 0 fully saturated rings. The molecule has 4 heteroatoms. The summed E-state index contributed by atoms with van der Waals surface area (Å²) in [7, 11) is 0. The van der Waals surface area contributed by atoms with Crippen LogP contribution in [-0.2, 0) is 5.75 Å². The van der Waals surface area contributed by atoms with Crippen LogP contribution >= 0.6 is 11.8 Å². The minimum atomic E-state index is 0.325. The second kappa shape index (κ2) is 7.22. The van der Waals surface area contributed by atoms with Crippen LogP contribution < -0.4 is 0 Å². The second-order valence-electron chi connectivity index (χ2n) is 6.45. The molecule has 24 heavy (non-hydrogen) atoms. The minimum Gasteiger partial charge on any atom is -0.274 e. The molecule has 0 unspecified atom stereocenters. The highest BCUT2D eigenvalue weighted by Gasteiger charge is 2.17. The van der Waals surface area contributed by atoms with E-state index < -0.39 is 0 Å². The summed E-state index contributed by atoms with van der Waals surface area (Å²) in [6.45, 7) is 8.55. The second-order valence-corrected chi connectivity index (χ2v) is 7.39. The zero-order valence-corrected chi connectivity index (χ0v) is 15.5. The van der Waals surface area contributed by atoms with Gasteiger partial charge < -0.3 is 0 Å². The van der Waals surface area contributed by atoms with Crippen molar-refractivity contribution >= 4 is 11.8 Å². The Kier molecular flexibility index (Phi) is 5.05. The first kappa shape index (κ1) is 16.8. The van der Waals surface area contributed by atoms with Gasteiger partial charge in [-0.15, -0.1) is 10.2 Å². The fourth-order valence-electron chi connectivity index (χ4n) is 2.71. The summed E-state index contributed by atoms with van der Waals surface area (Å²) in [5, 5.41) is 9.85. The minimum absolute atomic E-state index is 0.325. The third kappa shape index (κ3) is 3.70. The molecule has 1 heterocycles. The molecule has 0 spiro atoms. The van der Waals surface area contributed by atoms with E-state index in [0.29, 0.717) is 5.92 Å². The molecule has 0 aliphatic rings. The Balaban J connectivity index is 1.93. The molecule has 0 aliphatic carbocycles. The van der Waals surface area contributed by atoms with Gasteiger partial charge in [0.1, 0.15) is 5.82 Å². The summed E-state index contributed by atoms with van der Waals surface area (Å²) in [6.07, 6.45) is 0. The lowest BCUT2D eigenvalue weighted by Crippen LogP contribution is -2.04. The van der Waals surface area contributed by atoms with E-state index >= 15 is 0 Å². The van der Waals surface area contributed by atoms with E-state index in [1.165, 1.54) is 16.7 Å². The van der Waals surface area contributed by atoms with Crippen LogP contribution in [0.25, 0.3) is 5.69 Å².